The predicted octanol–water partition coefficient (Wildman–Crippen LogP) is 4.04. The highest BCUT2D eigenvalue weighted by molar-refractivity contribution is 6.09. The van der Waals surface area contributed by atoms with Crippen LogP contribution in [0.3, 0.4) is 0 Å². The first-order valence-corrected chi connectivity index (χ1v) is 11.7. The summed E-state index contributed by atoms with van der Waals surface area (Å²) in [5.74, 6) is 1.98. The molecule has 0 bridgehead atoms. The minimum atomic E-state index is -0.385. The smallest absolute Gasteiger partial charge is 0.258 e. The number of fused-ring (bicyclic) bond motifs is 1. The number of aliphatic imine (C=N–C) groups is 1. The van der Waals surface area contributed by atoms with Crippen LogP contribution in [0.2, 0.25) is 0 Å². The molecule has 2 heterocycles. The van der Waals surface area contributed by atoms with Gasteiger partial charge in [-0.1, -0.05) is 0 Å². The Morgan fingerprint density at radius 2 is 1.59 bits per heavy atom. The molecular formula is C27H30N6O4. The van der Waals surface area contributed by atoms with Crippen LogP contribution < -0.4 is 24.8 Å². The second kappa shape index (κ2) is 11.4. The van der Waals surface area contributed by atoms with Gasteiger partial charge in [0.2, 0.25) is 11.9 Å². The van der Waals surface area contributed by atoms with Crippen LogP contribution in [-0.4, -0.2) is 54.7 Å². The molecule has 37 heavy (non-hydrogen) atoms. The summed E-state index contributed by atoms with van der Waals surface area (Å²) in [5, 5.41) is 6.96. The zero-order valence-corrected chi connectivity index (χ0v) is 21.5. The number of carbonyl (C=O) groups is 1. The van der Waals surface area contributed by atoms with Crippen molar-refractivity contribution in [2.24, 2.45) is 4.99 Å². The molecule has 0 fully saturated rings. The second-order valence-electron chi connectivity index (χ2n) is 8.36. The van der Waals surface area contributed by atoms with Gasteiger partial charge in [0.25, 0.3) is 5.91 Å². The predicted molar refractivity (Wildman–Crippen MR) is 143 cm³/mol. The highest BCUT2D eigenvalue weighted by Crippen LogP contribution is 2.24. The maximum Gasteiger partial charge on any atom is 0.258 e. The number of aromatic nitrogens is 3. The number of aryl methyl sites for hydroxylation is 2. The summed E-state index contributed by atoms with van der Waals surface area (Å²) in [4.78, 5) is 29.9. The number of carbonyl (C=O) groups excluding carboxylic acids is 1. The Hall–Kier alpha value is -4.60. The van der Waals surface area contributed by atoms with Crippen molar-refractivity contribution in [3.63, 3.8) is 0 Å². The molecule has 10 nitrogen and oxygen atoms in total. The lowest BCUT2D eigenvalue weighted by Crippen LogP contribution is -2.37. The number of hydrogen-bond donors (Lipinski definition) is 3. The van der Waals surface area contributed by atoms with E-state index in [0.29, 0.717) is 36.0 Å². The normalized spacial score (nSPS) is 11.3. The second-order valence-corrected chi connectivity index (χ2v) is 8.36. The van der Waals surface area contributed by atoms with Crippen LogP contribution in [0.5, 0.6) is 17.2 Å². The van der Waals surface area contributed by atoms with Gasteiger partial charge in [-0.25, -0.2) is 9.97 Å². The van der Waals surface area contributed by atoms with Crippen molar-refractivity contribution in [2.75, 3.05) is 33.2 Å². The fraction of sp³-hybridized carbons (Fsp3) is 0.259. The molecule has 0 radical (unpaired) electrons. The molecule has 10 heteroatoms. The van der Waals surface area contributed by atoms with E-state index in [0.717, 1.165) is 33.6 Å². The van der Waals surface area contributed by atoms with Crippen LogP contribution in [0.4, 0.5) is 5.95 Å². The van der Waals surface area contributed by atoms with Crippen LogP contribution in [0.25, 0.3) is 10.9 Å². The first-order valence-electron chi connectivity index (χ1n) is 11.7. The fourth-order valence-corrected chi connectivity index (χ4v) is 3.90. The van der Waals surface area contributed by atoms with Gasteiger partial charge in [0.15, 0.2) is 0 Å². The Morgan fingerprint density at radius 1 is 0.919 bits per heavy atom. The molecule has 0 unspecified atom stereocenters. The van der Waals surface area contributed by atoms with E-state index < -0.39 is 0 Å². The molecule has 4 rings (SSSR count). The summed E-state index contributed by atoms with van der Waals surface area (Å²) in [7, 11) is 4.70. The summed E-state index contributed by atoms with van der Waals surface area (Å²) in [6.45, 7) is 4.16. The molecule has 192 valence electrons. The third-order valence-electron chi connectivity index (χ3n) is 5.68. The molecule has 3 N–H and O–H groups in total. The van der Waals surface area contributed by atoms with Crippen molar-refractivity contribution in [3.05, 3.63) is 71.2 Å². The van der Waals surface area contributed by atoms with Crippen molar-refractivity contribution < 1.29 is 19.0 Å². The maximum atomic E-state index is 13.1. The van der Waals surface area contributed by atoms with Gasteiger partial charge in [-0.05, 0) is 62.2 Å². The molecule has 2 aromatic carbocycles. The van der Waals surface area contributed by atoms with Gasteiger partial charge in [-0.3, -0.25) is 20.4 Å². The van der Waals surface area contributed by atoms with E-state index in [9.17, 15) is 4.79 Å². The lowest BCUT2D eigenvalue weighted by Gasteiger charge is -2.13. The molecule has 0 atom stereocenters. The molecule has 4 aromatic rings. The minimum absolute atomic E-state index is 0.231. The Balaban J connectivity index is 1.58. The number of aromatic amines is 1. The van der Waals surface area contributed by atoms with E-state index >= 15 is 0 Å². The molecule has 0 saturated carbocycles. The maximum absolute atomic E-state index is 13.1. The number of benzene rings is 2. The Morgan fingerprint density at radius 3 is 2.24 bits per heavy atom. The van der Waals surface area contributed by atoms with Crippen LogP contribution in [-0.2, 0) is 6.42 Å². The summed E-state index contributed by atoms with van der Waals surface area (Å²) in [5.41, 5.74) is 4.05. The average molecular weight is 503 g/mol. The number of H-pyrrole nitrogens is 1. The number of rotatable bonds is 8. The first kappa shape index (κ1) is 25.5. The molecule has 2 aromatic heterocycles. The lowest BCUT2D eigenvalue weighted by molar-refractivity contribution is 0.0976. The van der Waals surface area contributed by atoms with E-state index in [1.807, 2.05) is 44.3 Å². The Kier molecular flexibility index (Phi) is 7.87. The molecule has 0 saturated heterocycles. The van der Waals surface area contributed by atoms with Crippen LogP contribution in [0, 0.1) is 13.8 Å². The Labute approximate surface area is 215 Å². The molecule has 0 aliphatic rings. The largest absolute Gasteiger partial charge is 0.497 e. The third kappa shape index (κ3) is 6.35. The van der Waals surface area contributed by atoms with Crippen molar-refractivity contribution in [2.45, 2.75) is 20.3 Å². The van der Waals surface area contributed by atoms with Gasteiger partial charge in [-0.2, -0.15) is 0 Å². The SMILES string of the molecule is COc1cc(OC)cc(C(=O)NC(=NCCc2c[nH]c3ccc(OC)cc23)Nc2nc(C)cc(C)n2)c1. The molecule has 0 aliphatic carbocycles. The number of anilines is 1. The Bertz CT molecular complexity index is 1400. The summed E-state index contributed by atoms with van der Waals surface area (Å²) < 4.78 is 16.0. The van der Waals surface area contributed by atoms with Crippen molar-refractivity contribution >= 4 is 28.7 Å². The highest BCUT2D eigenvalue weighted by Gasteiger charge is 2.14. The zero-order chi connectivity index (χ0) is 26.4. The van der Waals surface area contributed by atoms with Crippen molar-refractivity contribution in [3.8, 4) is 17.2 Å². The van der Waals surface area contributed by atoms with Gasteiger partial charge < -0.3 is 19.2 Å². The van der Waals surface area contributed by atoms with E-state index in [-0.39, 0.29) is 11.9 Å². The van der Waals surface area contributed by atoms with E-state index in [4.69, 9.17) is 14.2 Å². The number of amides is 1. The third-order valence-corrected chi connectivity index (χ3v) is 5.68. The number of nitrogens with one attached hydrogen (secondary N) is 3. The molecule has 0 spiro atoms. The number of nitrogens with zero attached hydrogens (tertiary/aromatic N) is 3. The van der Waals surface area contributed by atoms with Gasteiger partial charge >= 0.3 is 0 Å². The topological polar surface area (TPSA) is 123 Å². The van der Waals surface area contributed by atoms with Gasteiger partial charge in [0.05, 0.1) is 21.3 Å². The van der Waals surface area contributed by atoms with Gasteiger partial charge in [-0.15, -0.1) is 0 Å². The first-order chi connectivity index (χ1) is 17.9. The van der Waals surface area contributed by atoms with Gasteiger partial charge in [0.1, 0.15) is 17.2 Å². The lowest BCUT2D eigenvalue weighted by atomic mass is 10.1. The van der Waals surface area contributed by atoms with Crippen molar-refractivity contribution in [1.82, 2.24) is 20.3 Å². The number of ether oxygens (including phenoxy) is 3. The van der Waals surface area contributed by atoms with Crippen LogP contribution >= 0.6 is 0 Å². The molecular weight excluding hydrogens is 472 g/mol. The fourth-order valence-electron chi connectivity index (χ4n) is 3.90. The summed E-state index contributed by atoms with van der Waals surface area (Å²) >= 11 is 0. The number of guanidine groups is 1. The summed E-state index contributed by atoms with van der Waals surface area (Å²) in [6.07, 6.45) is 2.59. The van der Waals surface area contributed by atoms with E-state index in [1.165, 1.54) is 14.2 Å². The minimum Gasteiger partial charge on any atom is -0.497 e. The number of hydrogen-bond acceptors (Lipinski definition) is 7. The highest BCUT2D eigenvalue weighted by atomic mass is 16.5. The zero-order valence-electron chi connectivity index (χ0n) is 21.5. The van der Waals surface area contributed by atoms with E-state index in [2.05, 4.69) is 30.6 Å². The monoisotopic (exact) mass is 502 g/mol. The molecule has 1 amide bonds. The van der Waals surface area contributed by atoms with Crippen LogP contribution in [0.1, 0.15) is 27.3 Å². The average Bonchev–Trinajstić information content (AvgIpc) is 3.29. The van der Waals surface area contributed by atoms with Crippen molar-refractivity contribution in [1.29, 1.82) is 0 Å². The standard InChI is InChI=1S/C27H30N6O4/c1-16-10-17(2)31-27(30-16)33-26(32-25(34)19-11-21(36-4)13-22(12-19)37-5)28-9-8-18-15-29-24-7-6-20(35-3)14-23(18)24/h6-7,10-15,29H,8-9H2,1-5H3,(H2,28,30,31,32,33,34). The van der Waals surface area contributed by atoms with E-state index in [1.54, 1.807) is 25.3 Å². The summed E-state index contributed by atoms with van der Waals surface area (Å²) in [6, 6.07) is 12.7. The van der Waals surface area contributed by atoms with Gasteiger partial charge in [0, 0.05) is 46.7 Å². The quantitative estimate of drug-likeness (QED) is 0.245. The number of methoxy groups -OCH3 is 3. The van der Waals surface area contributed by atoms with Crippen LogP contribution in [0.15, 0.2) is 53.7 Å². The molecule has 0 aliphatic heterocycles.